The van der Waals surface area contributed by atoms with E-state index in [1.54, 1.807) is 18.2 Å². The smallest absolute Gasteiger partial charge is 0.268 e. The quantitative estimate of drug-likeness (QED) is 0.195. The topological polar surface area (TPSA) is 148 Å². The maximum atomic E-state index is 13.0. The third-order valence-electron chi connectivity index (χ3n) is 7.34. The van der Waals surface area contributed by atoms with Crippen molar-refractivity contribution in [3.05, 3.63) is 89.5 Å². The van der Waals surface area contributed by atoms with Gasteiger partial charge in [0.15, 0.2) is 0 Å². The van der Waals surface area contributed by atoms with Crippen molar-refractivity contribution in [1.29, 1.82) is 0 Å². The highest BCUT2D eigenvalue weighted by molar-refractivity contribution is 7.90. The third kappa shape index (κ3) is 10.7. The Kier molecular flexibility index (Phi) is 13.0. The number of rotatable bonds is 14. The maximum Gasteiger partial charge on any atom is 0.268 e. The largest absolute Gasteiger partial charge is 0.490 e. The number of halogens is 1. The van der Waals surface area contributed by atoms with Gasteiger partial charge in [-0.05, 0) is 73.0 Å². The molecule has 0 unspecified atom stereocenters. The average Bonchev–Trinajstić information content (AvgIpc) is 2.99. The lowest BCUT2D eigenvalue weighted by Gasteiger charge is -2.24. The van der Waals surface area contributed by atoms with Crippen LogP contribution in [0.4, 0.5) is 0 Å². The summed E-state index contributed by atoms with van der Waals surface area (Å²) in [7, 11) is -4.04. The van der Waals surface area contributed by atoms with E-state index in [-0.39, 0.29) is 30.5 Å². The van der Waals surface area contributed by atoms with Gasteiger partial charge in [0, 0.05) is 13.0 Å². The predicted molar refractivity (Wildman–Crippen MR) is 170 cm³/mol. The van der Waals surface area contributed by atoms with Crippen molar-refractivity contribution in [1.82, 2.24) is 10.0 Å². The number of nitrogens with one attached hydrogen (secondary N) is 2. The molecule has 4 rings (SSSR count). The van der Waals surface area contributed by atoms with Crippen molar-refractivity contribution in [3.63, 3.8) is 0 Å². The van der Waals surface area contributed by atoms with Crippen LogP contribution in [0, 0.1) is 0 Å². The maximum absolute atomic E-state index is 13.0. The molecule has 1 fully saturated rings. The summed E-state index contributed by atoms with van der Waals surface area (Å²) in [5.41, 5.74) is 8.97. The first-order valence-electron chi connectivity index (χ1n) is 14.4. The molecule has 232 valence electrons. The van der Waals surface area contributed by atoms with E-state index >= 15 is 0 Å². The lowest BCUT2D eigenvalue weighted by molar-refractivity contribution is -0.117. The van der Waals surface area contributed by atoms with Crippen molar-refractivity contribution in [2.75, 3.05) is 18.8 Å². The fourth-order valence-corrected chi connectivity index (χ4v) is 5.92. The summed E-state index contributed by atoms with van der Waals surface area (Å²) in [5.74, 6) is -1.81. The van der Waals surface area contributed by atoms with Gasteiger partial charge in [-0.2, -0.15) is 0 Å². The number of aliphatic hydroxyl groups excluding tert-OH is 1. The standard InChI is InChI=1S/C32H39N3O6S.ClH/c33-31(37)18-20-42(39,40)35-32(38)28-16-15-26(21-30(28)41-27-9-5-2-6-10-27)24-13-11-23(12-14-24)17-19-34-22-29(36)25-7-3-1-4-8-25;/h1,3-4,7-8,11-16,21,27,29,34,36H,2,5-6,9-10,17-20,22H2,(H2,33,37)(H,35,38);1H/t29-;/m0./s1. The van der Waals surface area contributed by atoms with Crippen molar-refractivity contribution in [2.24, 2.45) is 5.73 Å². The predicted octanol–water partition coefficient (Wildman–Crippen LogP) is 4.29. The number of amides is 2. The minimum atomic E-state index is -4.04. The average molecular weight is 630 g/mol. The Labute approximate surface area is 259 Å². The number of aliphatic hydroxyl groups is 1. The number of carbonyl (C=O) groups is 2. The first-order valence-corrected chi connectivity index (χ1v) is 16.0. The zero-order valence-corrected chi connectivity index (χ0v) is 25.7. The zero-order valence-electron chi connectivity index (χ0n) is 24.0. The highest BCUT2D eigenvalue weighted by Crippen LogP contribution is 2.31. The molecule has 5 N–H and O–H groups in total. The molecule has 43 heavy (non-hydrogen) atoms. The van der Waals surface area contributed by atoms with E-state index in [0.29, 0.717) is 12.3 Å². The first-order chi connectivity index (χ1) is 20.2. The Morgan fingerprint density at radius 3 is 2.30 bits per heavy atom. The lowest BCUT2D eigenvalue weighted by atomic mass is 9.97. The van der Waals surface area contributed by atoms with E-state index < -0.39 is 33.7 Å². The van der Waals surface area contributed by atoms with Crippen LogP contribution in [0.1, 0.15) is 66.1 Å². The molecule has 0 bridgehead atoms. The van der Waals surface area contributed by atoms with Gasteiger partial charge in [0.2, 0.25) is 15.9 Å². The van der Waals surface area contributed by atoms with Gasteiger partial charge >= 0.3 is 0 Å². The van der Waals surface area contributed by atoms with Gasteiger partial charge in [0.05, 0.1) is 23.5 Å². The monoisotopic (exact) mass is 629 g/mol. The number of nitrogens with two attached hydrogens (primary N) is 1. The summed E-state index contributed by atoms with van der Waals surface area (Å²) < 4.78 is 33.0. The van der Waals surface area contributed by atoms with Crippen LogP contribution in [-0.4, -0.2) is 50.3 Å². The highest BCUT2D eigenvalue weighted by atomic mass is 35.5. The van der Waals surface area contributed by atoms with Crippen LogP contribution in [0.3, 0.4) is 0 Å². The van der Waals surface area contributed by atoms with Gasteiger partial charge in [-0.25, -0.2) is 13.1 Å². The van der Waals surface area contributed by atoms with Gasteiger partial charge in [0.1, 0.15) is 5.75 Å². The minimum Gasteiger partial charge on any atom is -0.490 e. The van der Waals surface area contributed by atoms with E-state index in [1.807, 2.05) is 59.3 Å². The number of hydrogen-bond acceptors (Lipinski definition) is 7. The molecule has 0 aliphatic heterocycles. The second-order valence-electron chi connectivity index (χ2n) is 10.6. The summed E-state index contributed by atoms with van der Waals surface area (Å²) in [6, 6.07) is 22.8. The molecule has 0 saturated heterocycles. The first kappa shape index (κ1) is 34.1. The van der Waals surface area contributed by atoms with Gasteiger partial charge in [0.25, 0.3) is 5.91 Å². The molecule has 1 aliphatic carbocycles. The summed E-state index contributed by atoms with van der Waals surface area (Å²) in [5, 5.41) is 13.6. The Morgan fingerprint density at radius 1 is 0.953 bits per heavy atom. The number of benzene rings is 3. The summed E-state index contributed by atoms with van der Waals surface area (Å²) in [4.78, 5) is 24.0. The van der Waals surface area contributed by atoms with Crippen LogP contribution in [0.2, 0.25) is 0 Å². The molecule has 3 aromatic rings. The lowest BCUT2D eigenvalue weighted by Crippen LogP contribution is -2.34. The highest BCUT2D eigenvalue weighted by Gasteiger charge is 2.23. The molecule has 1 saturated carbocycles. The van der Waals surface area contributed by atoms with E-state index in [0.717, 1.165) is 67.3 Å². The molecule has 0 spiro atoms. The van der Waals surface area contributed by atoms with Crippen molar-refractivity contribution in [2.45, 2.75) is 57.2 Å². The van der Waals surface area contributed by atoms with Crippen molar-refractivity contribution in [3.8, 4) is 16.9 Å². The van der Waals surface area contributed by atoms with Gasteiger partial charge in [-0.15, -0.1) is 12.4 Å². The number of hydrogen-bond donors (Lipinski definition) is 4. The molecule has 0 radical (unpaired) electrons. The molecule has 0 aromatic heterocycles. The SMILES string of the molecule is Cl.NC(=O)CCS(=O)(=O)NC(=O)c1ccc(-c2ccc(CCNC[C@H](O)c3ccccc3)cc2)cc1OC1CCCCC1. The van der Waals surface area contributed by atoms with Crippen molar-refractivity contribution >= 4 is 34.2 Å². The van der Waals surface area contributed by atoms with Crippen LogP contribution >= 0.6 is 12.4 Å². The van der Waals surface area contributed by atoms with E-state index in [4.69, 9.17) is 10.5 Å². The van der Waals surface area contributed by atoms with Crippen LogP contribution in [-0.2, 0) is 21.2 Å². The number of primary amides is 1. The fraction of sp³-hybridized carbons (Fsp3) is 0.375. The number of ether oxygens (including phenoxy) is 1. The summed E-state index contributed by atoms with van der Waals surface area (Å²) in [6.45, 7) is 1.19. The minimum absolute atomic E-state index is 0. The molecule has 1 aliphatic rings. The van der Waals surface area contributed by atoms with Crippen LogP contribution in [0.5, 0.6) is 5.75 Å². The molecule has 0 heterocycles. The second kappa shape index (κ2) is 16.4. The normalized spacial score (nSPS) is 14.3. The number of carbonyl (C=O) groups excluding carboxylic acids is 2. The molecule has 11 heteroatoms. The van der Waals surface area contributed by atoms with Crippen LogP contribution < -0.4 is 20.5 Å². The number of sulfonamides is 1. The molecular weight excluding hydrogens is 590 g/mol. The van der Waals surface area contributed by atoms with E-state index in [1.165, 1.54) is 0 Å². The van der Waals surface area contributed by atoms with E-state index in [9.17, 15) is 23.1 Å². The molecule has 1 atom stereocenters. The molecular formula is C32H40ClN3O6S. The molecule has 9 nitrogen and oxygen atoms in total. The molecule has 2 amide bonds. The van der Waals surface area contributed by atoms with Crippen LogP contribution in [0.15, 0.2) is 72.8 Å². The van der Waals surface area contributed by atoms with E-state index in [2.05, 4.69) is 5.32 Å². The molecule has 3 aromatic carbocycles. The summed E-state index contributed by atoms with van der Waals surface area (Å²) in [6.07, 6.45) is 4.75. The Morgan fingerprint density at radius 2 is 1.63 bits per heavy atom. The third-order valence-corrected chi connectivity index (χ3v) is 8.58. The Bertz CT molecular complexity index is 1450. The second-order valence-corrected chi connectivity index (χ2v) is 12.5. The van der Waals surface area contributed by atoms with Gasteiger partial charge < -0.3 is 20.9 Å². The zero-order chi connectivity index (χ0) is 30.0. The van der Waals surface area contributed by atoms with Gasteiger partial charge in [-0.3, -0.25) is 9.59 Å². The van der Waals surface area contributed by atoms with Crippen LogP contribution in [0.25, 0.3) is 11.1 Å². The van der Waals surface area contributed by atoms with Crippen molar-refractivity contribution < 1.29 is 27.9 Å². The summed E-state index contributed by atoms with van der Waals surface area (Å²) >= 11 is 0. The Hall–Kier alpha value is -3.44. The Balaban J connectivity index is 0.00000506. The fourth-order valence-electron chi connectivity index (χ4n) is 4.96. The van der Waals surface area contributed by atoms with Gasteiger partial charge in [-0.1, -0.05) is 67.1 Å².